The predicted molar refractivity (Wildman–Crippen MR) is 27.6 cm³/mol. The van der Waals surface area contributed by atoms with E-state index in [-0.39, 0.29) is 0 Å². The molecule has 2 N–H and O–H groups in total. The summed E-state index contributed by atoms with van der Waals surface area (Å²) < 4.78 is 0. The number of rotatable bonds is 0. The second-order valence-corrected chi connectivity index (χ2v) is 0.707. The Bertz CT molecular complexity index is 18.1. The van der Waals surface area contributed by atoms with Crippen LogP contribution < -0.4 is 5.14 Å². The van der Waals surface area contributed by atoms with Crippen molar-refractivity contribution in [2.45, 2.75) is 0 Å². The maximum absolute atomic E-state index is 4.76. The quantitative estimate of drug-likeness (QED) is 0.345. The van der Waals surface area contributed by atoms with E-state index < -0.39 is 0 Å². The van der Waals surface area contributed by atoms with Gasteiger partial charge in [0.1, 0.15) is 0 Å². The number of nitrogens with two attached hydrogens (primary N) is 1. The summed E-state index contributed by atoms with van der Waals surface area (Å²) in [6.07, 6.45) is 9.82. The maximum Gasteiger partial charge on any atom is -0.00394 e. The Morgan fingerprint density at radius 3 is 1.60 bits per heavy atom. The summed E-state index contributed by atoms with van der Waals surface area (Å²) in [7, 11) is 0. The van der Waals surface area contributed by atoms with E-state index in [1.54, 1.807) is 0 Å². The van der Waals surface area contributed by atoms with Gasteiger partial charge < -0.3 is 0 Å². The van der Waals surface area contributed by atoms with Crippen LogP contribution in [0.1, 0.15) is 0 Å². The Balaban J connectivity index is 0. The zero-order valence-corrected chi connectivity index (χ0v) is 3.96. The average Bonchev–Trinajstić information content (AvgIpc) is 1.46. The number of terminal acetylenes is 1. The molecule has 0 heterocycles. The van der Waals surface area contributed by atoms with Crippen LogP contribution in [0.5, 0.6) is 0 Å². The van der Waals surface area contributed by atoms with E-state index in [0.29, 0.717) is 0 Å². The molecule has 0 aromatic carbocycles. The summed E-state index contributed by atoms with van der Waals surface area (Å²) in [4.78, 5) is 0. The van der Waals surface area contributed by atoms with Crippen molar-refractivity contribution in [3.63, 3.8) is 0 Å². The van der Waals surface area contributed by atoms with Crippen molar-refractivity contribution in [3.8, 4) is 12.8 Å². The molecule has 30 valence electrons. The molecule has 1 nitrogen and oxygen atoms in total. The first-order valence-electron chi connectivity index (χ1n) is 0.977. The highest BCUT2D eigenvalue weighted by Gasteiger charge is 1.31. The lowest BCUT2D eigenvalue weighted by molar-refractivity contribution is 2.02. The summed E-state index contributed by atoms with van der Waals surface area (Å²) >= 11 is 1.25. The first-order valence-corrected chi connectivity index (χ1v) is 2.27. The zero-order chi connectivity index (χ0) is 4.71. The van der Waals surface area contributed by atoms with Gasteiger partial charge in [-0.25, -0.2) is 0 Å². The van der Waals surface area contributed by atoms with E-state index >= 15 is 0 Å². The van der Waals surface area contributed by atoms with Crippen LogP contribution in [0.2, 0.25) is 0 Å². The van der Waals surface area contributed by atoms with Crippen LogP contribution in [0.4, 0.5) is 0 Å². The van der Waals surface area contributed by atoms with Crippen LogP contribution >= 0.6 is 11.9 Å². The first-order chi connectivity index (χ1) is 2.41. The fraction of sp³-hybridized carbons (Fsp3) is 0.333. The third-order valence-electron chi connectivity index (χ3n) is 0. The van der Waals surface area contributed by atoms with Crippen molar-refractivity contribution in [1.82, 2.24) is 0 Å². The average molecular weight is 89.2 g/mol. The van der Waals surface area contributed by atoms with Gasteiger partial charge in [0.15, 0.2) is 0 Å². The van der Waals surface area contributed by atoms with Crippen LogP contribution in [-0.2, 0) is 0 Å². The van der Waals surface area contributed by atoms with Gasteiger partial charge in [-0.05, 0) is 6.26 Å². The van der Waals surface area contributed by atoms with E-state index in [1.165, 1.54) is 11.9 Å². The predicted octanol–water partition coefficient (Wildman–Crippen LogP) is 0.473. The lowest BCUT2D eigenvalue weighted by atomic mass is 11.4. The maximum atomic E-state index is 4.76. The minimum absolute atomic E-state index is 1.25. The summed E-state index contributed by atoms with van der Waals surface area (Å²) in [6.45, 7) is 0. The highest BCUT2D eigenvalue weighted by molar-refractivity contribution is 7.96. The Labute approximate surface area is 37.1 Å². The Kier molecular flexibility index (Phi) is 74.6. The smallest absolute Gasteiger partial charge is 0.00394 e. The van der Waals surface area contributed by atoms with Crippen LogP contribution in [0.15, 0.2) is 0 Å². The molecule has 0 aromatic heterocycles. The Hall–Kier alpha value is -0.130. The molecule has 0 spiro atoms. The normalized spacial score (nSPS) is 4.00. The molecular weight excluding hydrogens is 82.1 g/mol. The summed E-state index contributed by atoms with van der Waals surface area (Å²) in [6, 6.07) is 0. The van der Waals surface area contributed by atoms with Crippen molar-refractivity contribution >= 4 is 11.9 Å². The van der Waals surface area contributed by atoms with Gasteiger partial charge in [0.25, 0.3) is 0 Å². The van der Waals surface area contributed by atoms with Crippen molar-refractivity contribution in [3.05, 3.63) is 0 Å². The van der Waals surface area contributed by atoms with E-state index in [1.807, 2.05) is 6.26 Å². The molecule has 0 fully saturated rings. The number of hydrogen-bond acceptors (Lipinski definition) is 2. The van der Waals surface area contributed by atoms with Gasteiger partial charge in [-0.2, -0.15) is 0 Å². The highest BCUT2D eigenvalue weighted by Crippen LogP contribution is 1.59. The van der Waals surface area contributed by atoms with Crippen molar-refractivity contribution < 1.29 is 0 Å². The molecule has 0 radical (unpaired) electrons. The Morgan fingerprint density at radius 1 is 1.60 bits per heavy atom. The second-order valence-electron chi connectivity index (χ2n) is 0.236. The molecule has 0 saturated heterocycles. The molecule has 0 amide bonds. The van der Waals surface area contributed by atoms with Crippen molar-refractivity contribution in [2.24, 2.45) is 5.14 Å². The molecular formula is C3H7NS. The summed E-state index contributed by atoms with van der Waals surface area (Å²) in [5.41, 5.74) is 0. The molecule has 0 aliphatic heterocycles. The van der Waals surface area contributed by atoms with Crippen molar-refractivity contribution in [1.29, 1.82) is 0 Å². The van der Waals surface area contributed by atoms with E-state index in [0.717, 1.165) is 0 Å². The van der Waals surface area contributed by atoms with Gasteiger partial charge in [-0.3, -0.25) is 5.14 Å². The van der Waals surface area contributed by atoms with E-state index in [2.05, 4.69) is 12.8 Å². The van der Waals surface area contributed by atoms with E-state index in [4.69, 9.17) is 5.14 Å². The summed E-state index contributed by atoms with van der Waals surface area (Å²) in [5, 5.41) is 4.76. The fourth-order valence-corrected chi connectivity index (χ4v) is 0. The first kappa shape index (κ1) is 8.85. The summed E-state index contributed by atoms with van der Waals surface area (Å²) in [5.74, 6) is 0. The minimum atomic E-state index is 1.25. The van der Waals surface area contributed by atoms with Crippen LogP contribution in [0.3, 0.4) is 0 Å². The lowest BCUT2D eigenvalue weighted by Gasteiger charge is -1.54. The fourth-order valence-electron chi connectivity index (χ4n) is 0. The monoisotopic (exact) mass is 89.0 g/mol. The second kappa shape index (κ2) is 42.1. The molecule has 0 saturated carbocycles. The lowest BCUT2D eigenvalue weighted by Crippen LogP contribution is -1.64. The standard InChI is InChI=1S/C2H2.CH5NS/c1-2;1-3-2/h1-2H;2H2,1H3. The Morgan fingerprint density at radius 2 is 1.60 bits per heavy atom. The van der Waals surface area contributed by atoms with Gasteiger partial charge in [0.2, 0.25) is 0 Å². The van der Waals surface area contributed by atoms with Gasteiger partial charge >= 0.3 is 0 Å². The van der Waals surface area contributed by atoms with Gasteiger partial charge in [0, 0.05) is 0 Å². The SMILES string of the molecule is C#C.CSN. The highest BCUT2D eigenvalue weighted by atomic mass is 32.2. The topological polar surface area (TPSA) is 26.0 Å². The van der Waals surface area contributed by atoms with Crippen LogP contribution in [0.25, 0.3) is 0 Å². The van der Waals surface area contributed by atoms with E-state index in [9.17, 15) is 0 Å². The zero-order valence-electron chi connectivity index (χ0n) is 3.14. The van der Waals surface area contributed by atoms with Gasteiger partial charge in [-0.15, -0.1) is 12.8 Å². The third-order valence-corrected chi connectivity index (χ3v) is 0. The molecule has 0 bridgehead atoms. The number of hydrogen-bond donors (Lipinski definition) is 1. The minimum Gasteiger partial charge on any atom is -0.278 e. The van der Waals surface area contributed by atoms with Crippen LogP contribution in [0, 0.1) is 12.8 Å². The molecule has 0 aromatic rings. The molecule has 0 atom stereocenters. The molecule has 5 heavy (non-hydrogen) atoms. The molecule has 2 heteroatoms. The largest absolute Gasteiger partial charge is 0.278 e. The van der Waals surface area contributed by atoms with Gasteiger partial charge in [-0.1, -0.05) is 11.9 Å². The molecule has 0 rings (SSSR count). The molecule has 0 aliphatic carbocycles. The van der Waals surface area contributed by atoms with Crippen LogP contribution in [-0.4, -0.2) is 6.26 Å². The van der Waals surface area contributed by atoms with Crippen molar-refractivity contribution in [2.75, 3.05) is 6.26 Å². The molecule has 0 unspecified atom stereocenters. The molecule has 0 aliphatic rings. The van der Waals surface area contributed by atoms with Gasteiger partial charge in [0.05, 0.1) is 0 Å². The third kappa shape index (κ3) is 801.